The van der Waals surface area contributed by atoms with Crippen LogP contribution in [0.5, 0.6) is 0 Å². The molecule has 42 heavy (non-hydrogen) atoms. The number of aliphatic hydroxyl groups is 1. The minimum atomic E-state index is -5.28. The Kier molecular flexibility index (Phi) is 8.59. The molecular formula is C27H27ClF3N7O4. The summed E-state index contributed by atoms with van der Waals surface area (Å²) in [6.45, 7) is 1.70. The van der Waals surface area contributed by atoms with Crippen LogP contribution in [0.2, 0.25) is 5.15 Å². The highest BCUT2D eigenvalue weighted by atomic mass is 35.5. The molecule has 0 saturated carbocycles. The van der Waals surface area contributed by atoms with Crippen molar-refractivity contribution < 1.29 is 32.6 Å². The number of aromatic nitrogens is 5. The van der Waals surface area contributed by atoms with Gasteiger partial charge in [0, 0.05) is 25.5 Å². The number of carbonyl (C=O) groups is 2. The molecule has 1 unspecified atom stereocenters. The summed E-state index contributed by atoms with van der Waals surface area (Å²) in [5.41, 5.74) is -5.07. The monoisotopic (exact) mass is 605 g/mol. The van der Waals surface area contributed by atoms with Crippen molar-refractivity contribution in [3.63, 3.8) is 0 Å². The van der Waals surface area contributed by atoms with Gasteiger partial charge in [0.25, 0.3) is 5.91 Å². The molecule has 2 amide bonds. The van der Waals surface area contributed by atoms with E-state index in [4.69, 9.17) is 16.3 Å². The highest BCUT2D eigenvalue weighted by Crippen LogP contribution is 2.39. The first-order chi connectivity index (χ1) is 19.7. The average molecular weight is 606 g/mol. The van der Waals surface area contributed by atoms with Gasteiger partial charge in [-0.15, -0.1) is 0 Å². The van der Waals surface area contributed by atoms with Crippen molar-refractivity contribution >= 4 is 23.6 Å². The van der Waals surface area contributed by atoms with Gasteiger partial charge in [0.15, 0.2) is 5.82 Å². The standard InChI is InChI=1S/C27H27ClF3N7O4/c1-25(2,35-24(40)42-15-17-8-5-4-6-9-17)18-12-20(34-21(28)13-18)26(41,27(29,30)31)16-32-23(39)19-14-22(36-37(19)3)38-11-7-10-33-38/h4-14,41H,15-16H2,1-3H3,(H,32,39)(H,35,40). The van der Waals surface area contributed by atoms with Crippen LogP contribution in [0.3, 0.4) is 0 Å². The zero-order valence-corrected chi connectivity index (χ0v) is 23.4. The largest absolute Gasteiger partial charge is 0.445 e. The van der Waals surface area contributed by atoms with Gasteiger partial charge in [0.05, 0.1) is 17.8 Å². The van der Waals surface area contributed by atoms with E-state index in [-0.39, 0.29) is 28.8 Å². The third kappa shape index (κ3) is 6.71. The fraction of sp³-hybridized carbons (Fsp3) is 0.296. The van der Waals surface area contributed by atoms with E-state index in [1.165, 1.54) is 48.6 Å². The van der Waals surface area contributed by atoms with Crippen molar-refractivity contribution in [2.45, 2.75) is 37.8 Å². The van der Waals surface area contributed by atoms with Crippen LogP contribution in [0.4, 0.5) is 18.0 Å². The van der Waals surface area contributed by atoms with Crippen LogP contribution in [0, 0.1) is 0 Å². The van der Waals surface area contributed by atoms with E-state index in [2.05, 4.69) is 25.8 Å². The van der Waals surface area contributed by atoms with Gasteiger partial charge in [-0.3, -0.25) is 9.48 Å². The minimum Gasteiger partial charge on any atom is -0.445 e. The second kappa shape index (κ2) is 11.8. The van der Waals surface area contributed by atoms with Gasteiger partial charge in [-0.25, -0.2) is 14.5 Å². The topological polar surface area (TPSA) is 136 Å². The molecular weight excluding hydrogens is 579 g/mol. The molecule has 0 aliphatic rings. The molecule has 4 rings (SSSR count). The number of amides is 2. The summed E-state index contributed by atoms with van der Waals surface area (Å²) in [7, 11) is 1.43. The second-order valence-electron chi connectivity index (χ2n) is 9.88. The molecule has 0 spiro atoms. The number of pyridine rings is 1. The van der Waals surface area contributed by atoms with E-state index in [9.17, 15) is 27.9 Å². The molecule has 11 nitrogen and oxygen atoms in total. The molecule has 15 heteroatoms. The van der Waals surface area contributed by atoms with E-state index in [0.717, 1.165) is 11.6 Å². The van der Waals surface area contributed by atoms with Crippen LogP contribution in [0.1, 0.15) is 41.2 Å². The molecule has 4 aromatic rings. The SMILES string of the molecule is Cn1nc(-n2cccn2)cc1C(=O)NCC(O)(c1cc(C(C)(C)NC(=O)OCc2ccccc2)cc(Cl)n1)C(F)(F)F. The first-order valence-corrected chi connectivity index (χ1v) is 12.9. The Morgan fingerprint density at radius 3 is 2.45 bits per heavy atom. The Balaban J connectivity index is 1.54. The number of ether oxygens (including phenoxy) is 1. The first kappa shape index (κ1) is 30.5. The highest BCUT2D eigenvalue weighted by molar-refractivity contribution is 6.29. The maximum atomic E-state index is 14.3. The van der Waals surface area contributed by atoms with E-state index < -0.39 is 41.6 Å². The Hall–Kier alpha value is -4.43. The smallest absolute Gasteiger partial charge is 0.424 e. The quantitative estimate of drug-likeness (QED) is 0.245. The summed E-state index contributed by atoms with van der Waals surface area (Å²) in [5.74, 6) is -0.673. The lowest BCUT2D eigenvalue weighted by atomic mass is 9.90. The van der Waals surface area contributed by atoms with Crippen LogP contribution in [0.25, 0.3) is 5.82 Å². The number of benzene rings is 1. The van der Waals surface area contributed by atoms with Crippen LogP contribution in [-0.2, 0) is 29.5 Å². The molecule has 3 aromatic heterocycles. The van der Waals surface area contributed by atoms with Crippen molar-refractivity contribution in [1.29, 1.82) is 0 Å². The molecule has 0 radical (unpaired) electrons. The normalized spacial score (nSPS) is 13.3. The summed E-state index contributed by atoms with van der Waals surface area (Å²) < 4.78 is 50.8. The number of nitrogens with zero attached hydrogens (tertiary/aromatic N) is 5. The average Bonchev–Trinajstić information content (AvgIpc) is 3.60. The lowest BCUT2D eigenvalue weighted by Gasteiger charge is -2.32. The Morgan fingerprint density at radius 1 is 1.10 bits per heavy atom. The van der Waals surface area contributed by atoms with Gasteiger partial charge < -0.3 is 20.5 Å². The molecule has 0 aliphatic carbocycles. The number of carbonyl (C=O) groups excluding carboxylic acids is 2. The first-order valence-electron chi connectivity index (χ1n) is 12.5. The number of alkyl carbamates (subject to hydrolysis) is 1. The number of hydrogen-bond acceptors (Lipinski definition) is 7. The Labute approximate surface area is 243 Å². The molecule has 222 valence electrons. The fourth-order valence-electron chi connectivity index (χ4n) is 3.97. The lowest BCUT2D eigenvalue weighted by Crippen LogP contribution is -2.52. The lowest BCUT2D eigenvalue weighted by molar-refractivity contribution is -0.265. The molecule has 1 atom stereocenters. The minimum absolute atomic E-state index is 0.0290. The summed E-state index contributed by atoms with van der Waals surface area (Å²) in [5, 5.41) is 23.4. The molecule has 0 bridgehead atoms. The van der Waals surface area contributed by atoms with Crippen molar-refractivity contribution in [2.75, 3.05) is 6.54 Å². The molecule has 0 fully saturated rings. The van der Waals surface area contributed by atoms with E-state index in [1.807, 2.05) is 6.07 Å². The van der Waals surface area contributed by atoms with Gasteiger partial charge in [-0.05, 0) is 43.2 Å². The van der Waals surface area contributed by atoms with Crippen LogP contribution < -0.4 is 10.6 Å². The number of halogens is 4. The third-order valence-electron chi connectivity index (χ3n) is 6.38. The highest BCUT2D eigenvalue weighted by Gasteiger charge is 2.56. The van der Waals surface area contributed by atoms with Crippen molar-refractivity contribution in [3.05, 3.63) is 94.7 Å². The van der Waals surface area contributed by atoms with Crippen molar-refractivity contribution in [3.8, 4) is 5.82 Å². The predicted molar refractivity (Wildman–Crippen MR) is 145 cm³/mol. The number of rotatable bonds is 9. The van der Waals surface area contributed by atoms with E-state index in [1.54, 1.807) is 36.5 Å². The summed E-state index contributed by atoms with van der Waals surface area (Å²) in [4.78, 5) is 29.0. The van der Waals surface area contributed by atoms with Gasteiger partial charge in [-0.1, -0.05) is 41.9 Å². The Bertz CT molecular complexity index is 1560. The van der Waals surface area contributed by atoms with Gasteiger partial charge in [-0.2, -0.15) is 23.4 Å². The van der Waals surface area contributed by atoms with E-state index >= 15 is 0 Å². The number of alkyl halides is 3. The zero-order valence-electron chi connectivity index (χ0n) is 22.7. The fourth-order valence-corrected chi connectivity index (χ4v) is 4.18. The van der Waals surface area contributed by atoms with Crippen molar-refractivity contribution in [1.82, 2.24) is 35.2 Å². The second-order valence-corrected chi connectivity index (χ2v) is 10.3. The molecule has 0 saturated heterocycles. The maximum Gasteiger partial charge on any atom is 0.424 e. The van der Waals surface area contributed by atoms with Gasteiger partial charge in [0.1, 0.15) is 17.5 Å². The predicted octanol–water partition coefficient (Wildman–Crippen LogP) is 4.00. The maximum absolute atomic E-state index is 14.3. The summed E-state index contributed by atoms with van der Waals surface area (Å²) >= 11 is 6.08. The number of aryl methyl sites for hydroxylation is 1. The zero-order chi connectivity index (χ0) is 30.7. The van der Waals surface area contributed by atoms with Crippen LogP contribution in [0.15, 0.2) is 67.0 Å². The Morgan fingerprint density at radius 2 is 1.81 bits per heavy atom. The van der Waals surface area contributed by atoms with Gasteiger partial charge in [0.2, 0.25) is 5.60 Å². The molecule has 1 aromatic carbocycles. The molecule has 3 N–H and O–H groups in total. The van der Waals surface area contributed by atoms with Gasteiger partial charge >= 0.3 is 12.3 Å². The summed E-state index contributed by atoms with van der Waals surface area (Å²) in [6.07, 6.45) is -3.04. The third-order valence-corrected chi connectivity index (χ3v) is 6.57. The van der Waals surface area contributed by atoms with Crippen molar-refractivity contribution in [2.24, 2.45) is 7.05 Å². The van der Waals surface area contributed by atoms with Crippen LogP contribution >= 0.6 is 11.6 Å². The molecule has 3 heterocycles. The van der Waals surface area contributed by atoms with Crippen LogP contribution in [-0.4, -0.2) is 54.4 Å². The molecule has 0 aliphatic heterocycles. The number of hydrogen-bond donors (Lipinski definition) is 3. The number of nitrogens with one attached hydrogen (secondary N) is 2. The van der Waals surface area contributed by atoms with E-state index in [0.29, 0.717) is 0 Å². The summed E-state index contributed by atoms with van der Waals surface area (Å²) in [6, 6.07) is 14.1.